The van der Waals surface area contributed by atoms with E-state index in [1.54, 1.807) is 54.5 Å². The molecular weight excluding hydrogens is 494 g/mol. The lowest BCUT2D eigenvalue weighted by Crippen LogP contribution is -2.27. The fourth-order valence-corrected chi connectivity index (χ4v) is 4.75. The summed E-state index contributed by atoms with van der Waals surface area (Å²) < 4.78 is 11.2. The molecule has 4 rings (SSSR count). The van der Waals surface area contributed by atoms with E-state index < -0.39 is 0 Å². The molecule has 1 heterocycles. The topological polar surface area (TPSA) is 71.1 Å². The largest absolute Gasteiger partial charge is 0.497 e. The van der Waals surface area contributed by atoms with Gasteiger partial charge in [0, 0.05) is 31.5 Å². The zero-order chi connectivity index (χ0) is 25.7. The first-order chi connectivity index (χ1) is 17.3. The standard InChI is InChI=1S/C27H25N3O4S2/c1-29(2)20-9-11-21(12-10-20)30-26(32)24(36-27(30)35)15-18-7-13-22(14-8-18)34-17-25(31)28-19-5-4-6-23(16-19)33-3/h4-16H,17H2,1-3H3,(H,28,31)/b24-15-. The van der Waals surface area contributed by atoms with Gasteiger partial charge in [0.2, 0.25) is 0 Å². The van der Waals surface area contributed by atoms with Crippen LogP contribution < -0.4 is 24.6 Å². The van der Waals surface area contributed by atoms with Crippen LogP contribution in [0.5, 0.6) is 11.5 Å². The van der Waals surface area contributed by atoms with Crippen LogP contribution in [-0.2, 0) is 9.59 Å². The Morgan fingerprint density at radius 2 is 1.78 bits per heavy atom. The monoisotopic (exact) mass is 519 g/mol. The predicted octanol–water partition coefficient (Wildman–Crippen LogP) is 5.18. The second-order valence-electron chi connectivity index (χ2n) is 8.07. The molecule has 0 bridgehead atoms. The third-order valence-electron chi connectivity index (χ3n) is 5.32. The normalized spacial score (nSPS) is 14.2. The van der Waals surface area contributed by atoms with Gasteiger partial charge in [0.25, 0.3) is 11.8 Å². The minimum absolute atomic E-state index is 0.137. The molecule has 9 heteroatoms. The van der Waals surface area contributed by atoms with Crippen molar-refractivity contribution in [1.29, 1.82) is 0 Å². The number of rotatable bonds is 8. The number of carbonyl (C=O) groups is 2. The van der Waals surface area contributed by atoms with E-state index in [0.29, 0.717) is 26.4 Å². The van der Waals surface area contributed by atoms with Crippen molar-refractivity contribution in [3.05, 3.63) is 83.3 Å². The van der Waals surface area contributed by atoms with E-state index in [1.807, 2.05) is 55.4 Å². The fourth-order valence-electron chi connectivity index (χ4n) is 3.45. The van der Waals surface area contributed by atoms with Crippen LogP contribution in [0.1, 0.15) is 5.56 Å². The number of benzene rings is 3. The summed E-state index contributed by atoms with van der Waals surface area (Å²) in [6, 6.07) is 21.9. The molecule has 2 amide bonds. The van der Waals surface area contributed by atoms with Crippen molar-refractivity contribution in [2.75, 3.05) is 42.9 Å². The Balaban J connectivity index is 1.36. The number of hydrogen-bond donors (Lipinski definition) is 1. The Bertz CT molecular complexity index is 1310. The Hall–Kier alpha value is -3.82. The predicted molar refractivity (Wildman–Crippen MR) is 150 cm³/mol. The molecule has 0 radical (unpaired) electrons. The highest BCUT2D eigenvalue weighted by Crippen LogP contribution is 2.36. The smallest absolute Gasteiger partial charge is 0.270 e. The van der Waals surface area contributed by atoms with Crippen LogP contribution >= 0.6 is 24.0 Å². The van der Waals surface area contributed by atoms with Gasteiger partial charge in [-0.2, -0.15) is 0 Å². The highest BCUT2D eigenvalue weighted by atomic mass is 32.2. The molecule has 7 nitrogen and oxygen atoms in total. The molecule has 3 aromatic carbocycles. The Kier molecular flexibility index (Phi) is 7.92. The number of carbonyl (C=O) groups excluding carboxylic acids is 2. The summed E-state index contributed by atoms with van der Waals surface area (Å²) in [7, 11) is 5.49. The van der Waals surface area contributed by atoms with E-state index in [2.05, 4.69) is 5.32 Å². The number of thioether (sulfide) groups is 1. The van der Waals surface area contributed by atoms with Gasteiger partial charge in [-0.15, -0.1) is 0 Å². The third-order valence-corrected chi connectivity index (χ3v) is 6.62. The number of ether oxygens (including phenoxy) is 2. The van der Waals surface area contributed by atoms with E-state index in [4.69, 9.17) is 21.7 Å². The van der Waals surface area contributed by atoms with E-state index in [9.17, 15) is 9.59 Å². The maximum Gasteiger partial charge on any atom is 0.270 e. The Morgan fingerprint density at radius 1 is 1.06 bits per heavy atom. The SMILES string of the molecule is COc1cccc(NC(=O)COc2ccc(/C=C3\SC(=S)N(c4ccc(N(C)C)cc4)C3=O)cc2)c1. The minimum Gasteiger partial charge on any atom is -0.497 e. The average Bonchev–Trinajstić information content (AvgIpc) is 3.16. The molecule has 1 aliphatic heterocycles. The second-order valence-corrected chi connectivity index (χ2v) is 9.74. The molecule has 1 saturated heterocycles. The van der Waals surface area contributed by atoms with Crippen LogP contribution in [0, 0.1) is 0 Å². The molecule has 1 N–H and O–H groups in total. The van der Waals surface area contributed by atoms with Gasteiger partial charge < -0.3 is 19.7 Å². The number of hydrogen-bond acceptors (Lipinski definition) is 7. The molecule has 1 fully saturated rings. The maximum atomic E-state index is 13.0. The zero-order valence-corrected chi connectivity index (χ0v) is 21.7. The lowest BCUT2D eigenvalue weighted by atomic mass is 10.2. The van der Waals surface area contributed by atoms with Crippen LogP contribution in [0.25, 0.3) is 6.08 Å². The first kappa shape index (κ1) is 25.3. The van der Waals surface area contributed by atoms with Gasteiger partial charge in [-0.25, -0.2) is 0 Å². The molecule has 3 aromatic rings. The summed E-state index contributed by atoms with van der Waals surface area (Å²) in [5, 5.41) is 2.77. The highest BCUT2D eigenvalue weighted by molar-refractivity contribution is 8.27. The van der Waals surface area contributed by atoms with Gasteiger partial charge in [-0.3, -0.25) is 14.5 Å². The van der Waals surface area contributed by atoms with Crippen molar-refractivity contribution in [2.24, 2.45) is 0 Å². The molecule has 184 valence electrons. The van der Waals surface area contributed by atoms with E-state index in [0.717, 1.165) is 16.9 Å². The van der Waals surface area contributed by atoms with Crippen molar-refractivity contribution in [3.8, 4) is 11.5 Å². The van der Waals surface area contributed by atoms with Crippen LogP contribution in [0.15, 0.2) is 77.7 Å². The van der Waals surface area contributed by atoms with E-state index in [-0.39, 0.29) is 18.4 Å². The summed E-state index contributed by atoms with van der Waals surface area (Å²) in [5.74, 6) is 0.761. The van der Waals surface area contributed by atoms with Crippen molar-refractivity contribution in [1.82, 2.24) is 0 Å². The van der Waals surface area contributed by atoms with Crippen LogP contribution in [0.4, 0.5) is 17.1 Å². The molecule has 0 aliphatic carbocycles. The summed E-state index contributed by atoms with van der Waals surface area (Å²) in [6.45, 7) is -0.137. The third kappa shape index (κ3) is 6.05. The zero-order valence-electron chi connectivity index (χ0n) is 20.1. The minimum atomic E-state index is -0.283. The summed E-state index contributed by atoms with van der Waals surface area (Å²) in [6.07, 6.45) is 1.80. The molecule has 1 aliphatic rings. The first-order valence-corrected chi connectivity index (χ1v) is 12.3. The van der Waals surface area contributed by atoms with Crippen LogP contribution in [-0.4, -0.2) is 43.9 Å². The van der Waals surface area contributed by atoms with Crippen molar-refractivity contribution in [3.63, 3.8) is 0 Å². The number of methoxy groups -OCH3 is 1. The number of nitrogens with one attached hydrogen (secondary N) is 1. The summed E-state index contributed by atoms with van der Waals surface area (Å²) >= 11 is 6.74. The molecule has 0 unspecified atom stereocenters. The lowest BCUT2D eigenvalue weighted by Gasteiger charge is -2.17. The van der Waals surface area contributed by atoms with E-state index in [1.165, 1.54) is 11.8 Å². The van der Waals surface area contributed by atoms with Gasteiger partial charge >= 0.3 is 0 Å². The van der Waals surface area contributed by atoms with Crippen LogP contribution in [0.3, 0.4) is 0 Å². The molecule has 0 spiro atoms. The van der Waals surface area contributed by atoms with Gasteiger partial charge in [0.1, 0.15) is 11.5 Å². The van der Waals surface area contributed by atoms with Gasteiger partial charge in [-0.05, 0) is 60.2 Å². The second kappa shape index (κ2) is 11.3. The number of thiocarbonyl (C=S) groups is 1. The quantitative estimate of drug-likeness (QED) is 0.325. The molecule has 0 saturated carbocycles. The summed E-state index contributed by atoms with van der Waals surface area (Å²) in [4.78, 5) is 29.3. The maximum absolute atomic E-state index is 13.0. The summed E-state index contributed by atoms with van der Waals surface area (Å²) in [5.41, 5.74) is 3.23. The van der Waals surface area contributed by atoms with Crippen molar-refractivity contribution < 1.29 is 19.1 Å². The molecule has 36 heavy (non-hydrogen) atoms. The first-order valence-electron chi connectivity index (χ1n) is 11.1. The lowest BCUT2D eigenvalue weighted by molar-refractivity contribution is -0.118. The van der Waals surface area contributed by atoms with Crippen molar-refractivity contribution in [2.45, 2.75) is 0 Å². The highest BCUT2D eigenvalue weighted by Gasteiger charge is 2.33. The van der Waals surface area contributed by atoms with E-state index >= 15 is 0 Å². The Morgan fingerprint density at radius 3 is 2.44 bits per heavy atom. The number of nitrogens with zero attached hydrogens (tertiary/aromatic N) is 2. The number of amides is 2. The average molecular weight is 520 g/mol. The number of anilines is 3. The fraction of sp³-hybridized carbons (Fsp3) is 0.148. The Labute approximate surface area is 219 Å². The molecular formula is C27H25N3O4S2. The van der Waals surface area contributed by atoms with Gasteiger partial charge in [0.15, 0.2) is 10.9 Å². The van der Waals surface area contributed by atoms with Gasteiger partial charge in [-0.1, -0.05) is 42.2 Å². The van der Waals surface area contributed by atoms with Crippen LogP contribution in [0.2, 0.25) is 0 Å². The van der Waals surface area contributed by atoms with Gasteiger partial charge in [0.05, 0.1) is 17.7 Å². The molecule has 0 atom stereocenters. The molecule has 0 aromatic heterocycles. The van der Waals surface area contributed by atoms with Crippen molar-refractivity contribution >= 4 is 63.3 Å².